The van der Waals surface area contributed by atoms with E-state index < -0.39 is 0 Å². The average molecular weight is 208 g/mol. The van der Waals surface area contributed by atoms with Crippen LogP contribution in [-0.2, 0) is 0 Å². The second-order valence-corrected chi connectivity index (χ2v) is 3.51. The number of para-hydroxylation sites is 1. The fraction of sp³-hybridized carbons (Fsp3) is 0.364. The molecule has 0 unspecified atom stereocenters. The van der Waals surface area contributed by atoms with Gasteiger partial charge in [0, 0.05) is 19.3 Å². The van der Waals surface area contributed by atoms with Gasteiger partial charge in [-0.3, -0.25) is 0 Å². The summed E-state index contributed by atoms with van der Waals surface area (Å²) in [4.78, 5) is 1.98. The van der Waals surface area contributed by atoms with Crippen molar-refractivity contribution in [1.82, 2.24) is 5.32 Å². The van der Waals surface area contributed by atoms with Crippen molar-refractivity contribution in [3.8, 4) is 0 Å². The smallest absolute Gasteiger partial charge is 0.173 e. The Bertz CT molecular complexity index is 285. The maximum absolute atomic E-state index is 5.24. The van der Waals surface area contributed by atoms with E-state index in [0.29, 0.717) is 0 Å². The predicted octanol–water partition coefficient (Wildman–Crippen LogP) is 2.41. The number of hydrogen-bond acceptors (Lipinski definition) is 1. The topological polar surface area (TPSA) is 15.3 Å². The van der Waals surface area contributed by atoms with Crippen molar-refractivity contribution in [3.63, 3.8) is 0 Å². The molecule has 0 saturated carbocycles. The van der Waals surface area contributed by atoms with Crippen molar-refractivity contribution in [2.45, 2.75) is 13.3 Å². The molecule has 76 valence electrons. The standard InChI is InChI=1S/C11H16N2S/c1-3-9-12-11(14)13(2)10-7-5-4-6-8-10/h4-8H,3,9H2,1-2H3,(H,12,14). The van der Waals surface area contributed by atoms with Gasteiger partial charge in [0.25, 0.3) is 0 Å². The lowest BCUT2D eigenvalue weighted by atomic mass is 10.3. The van der Waals surface area contributed by atoms with E-state index in [1.165, 1.54) is 0 Å². The molecule has 0 fully saturated rings. The summed E-state index contributed by atoms with van der Waals surface area (Å²) in [7, 11) is 1.97. The molecular formula is C11H16N2S. The highest BCUT2D eigenvalue weighted by atomic mass is 32.1. The molecule has 0 bridgehead atoms. The Morgan fingerprint density at radius 2 is 2.00 bits per heavy atom. The van der Waals surface area contributed by atoms with Gasteiger partial charge in [0.05, 0.1) is 0 Å². The Morgan fingerprint density at radius 3 is 2.57 bits per heavy atom. The van der Waals surface area contributed by atoms with Gasteiger partial charge in [-0.2, -0.15) is 0 Å². The van der Waals surface area contributed by atoms with Crippen LogP contribution in [0.5, 0.6) is 0 Å². The van der Waals surface area contributed by atoms with Crippen molar-refractivity contribution < 1.29 is 0 Å². The summed E-state index contributed by atoms with van der Waals surface area (Å²) in [6.07, 6.45) is 1.09. The Kier molecular flexibility index (Phi) is 4.40. The normalized spacial score (nSPS) is 9.57. The molecule has 1 N–H and O–H groups in total. The Balaban J connectivity index is 2.57. The van der Waals surface area contributed by atoms with Gasteiger partial charge in [0.15, 0.2) is 5.11 Å². The van der Waals surface area contributed by atoms with Gasteiger partial charge in [0.1, 0.15) is 0 Å². The van der Waals surface area contributed by atoms with Crippen LogP contribution in [0.4, 0.5) is 5.69 Å². The quantitative estimate of drug-likeness (QED) is 0.768. The Hall–Kier alpha value is -1.09. The van der Waals surface area contributed by atoms with Gasteiger partial charge in [-0.15, -0.1) is 0 Å². The maximum atomic E-state index is 5.24. The number of thiocarbonyl (C=S) groups is 1. The molecule has 0 saturated heterocycles. The van der Waals surface area contributed by atoms with Gasteiger partial charge in [-0.1, -0.05) is 25.1 Å². The molecule has 0 aliphatic rings. The predicted molar refractivity (Wildman–Crippen MR) is 65.7 cm³/mol. The highest BCUT2D eigenvalue weighted by Gasteiger charge is 2.03. The van der Waals surface area contributed by atoms with Crippen LogP contribution < -0.4 is 10.2 Å². The summed E-state index contributed by atoms with van der Waals surface area (Å²) >= 11 is 5.24. The van der Waals surface area contributed by atoms with Gasteiger partial charge < -0.3 is 10.2 Å². The van der Waals surface area contributed by atoms with Crippen molar-refractivity contribution in [2.75, 3.05) is 18.5 Å². The average Bonchev–Trinajstić information content (AvgIpc) is 2.26. The van der Waals surface area contributed by atoms with E-state index in [0.717, 1.165) is 23.8 Å². The molecule has 1 aromatic rings. The zero-order valence-electron chi connectivity index (χ0n) is 8.66. The summed E-state index contributed by atoms with van der Waals surface area (Å²) in [6.45, 7) is 3.05. The van der Waals surface area contributed by atoms with Crippen LogP contribution >= 0.6 is 12.2 Å². The summed E-state index contributed by atoms with van der Waals surface area (Å²) in [5, 5.41) is 3.96. The minimum atomic E-state index is 0.776. The molecule has 14 heavy (non-hydrogen) atoms. The van der Waals surface area contributed by atoms with Crippen LogP contribution in [0, 0.1) is 0 Å². The number of anilines is 1. The number of nitrogens with one attached hydrogen (secondary N) is 1. The highest BCUT2D eigenvalue weighted by Crippen LogP contribution is 2.10. The third kappa shape index (κ3) is 3.00. The number of benzene rings is 1. The van der Waals surface area contributed by atoms with Crippen LogP contribution in [0.25, 0.3) is 0 Å². The first kappa shape index (κ1) is 11.0. The van der Waals surface area contributed by atoms with E-state index in [2.05, 4.69) is 12.2 Å². The lowest BCUT2D eigenvalue weighted by molar-refractivity contribution is 0.837. The van der Waals surface area contributed by atoms with E-state index in [4.69, 9.17) is 12.2 Å². The molecule has 0 radical (unpaired) electrons. The third-order valence-corrected chi connectivity index (χ3v) is 2.39. The van der Waals surface area contributed by atoms with Crippen molar-refractivity contribution in [2.24, 2.45) is 0 Å². The molecule has 2 nitrogen and oxygen atoms in total. The van der Waals surface area contributed by atoms with Crippen LogP contribution in [0.2, 0.25) is 0 Å². The molecule has 0 aliphatic heterocycles. The molecule has 1 rings (SSSR count). The number of nitrogens with zero attached hydrogens (tertiary/aromatic N) is 1. The van der Waals surface area contributed by atoms with Crippen molar-refractivity contribution >= 4 is 23.0 Å². The molecule has 1 aromatic carbocycles. The zero-order chi connectivity index (χ0) is 10.4. The molecule has 0 aliphatic carbocycles. The minimum Gasteiger partial charge on any atom is -0.362 e. The van der Waals surface area contributed by atoms with Gasteiger partial charge in [-0.25, -0.2) is 0 Å². The Labute approximate surface area is 90.9 Å². The van der Waals surface area contributed by atoms with Crippen LogP contribution in [0.15, 0.2) is 30.3 Å². The lowest BCUT2D eigenvalue weighted by Crippen LogP contribution is -2.37. The SMILES string of the molecule is CCCNC(=S)N(C)c1ccccc1. The van der Waals surface area contributed by atoms with E-state index in [1.54, 1.807) is 0 Å². The first-order valence-corrected chi connectivity index (χ1v) is 5.23. The van der Waals surface area contributed by atoms with Crippen molar-refractivity contribution in [3.05, 3.63) is 30.3 Å². The first-order valence-electron chi connectivity index (χ1n) is 4.82. The second kappa shape index (κ2) is 5.60. The monoisotopic (exact) mass is 208 g/mol. The van der Waals surface area contributed by atoms with Crippen LogP contribution in [-0.4, -0.2) is 18.7 Å². The maximum Gasteiger partial charge on any atom is 0.173 e. The number of rotatable bonds is 3. The first-order chi connectivity index (χ1) is 6.75. The third-order valence-electron chi connectivity index (χ3n) is 1.97. The fourth-order valence-corrected chi connectivity index (χ4v) is 1.33. The summed E-state index contributed by atoms with van der Waals surface area (Å²) < 4.78 is 0. The van der Waals surface area contributed by atoms with Crippen LogP contribution in [0.3, 0.4) is 0 Å². The summed E-state index contributed by atoms with van der Waals surface area (Å²) in [5.74, 6) is 0. The fourth-order valence-electron chi connectivity index (χ4n) is 1.12. The molecule has 0 amide bonds. The molecule has 0 atom stereocenters. The van der Waals surface area contributed by atoms with Gasteiger partial charge in [-0.05, 0) is 30.8 Å². The molecule has 0 aromatic heterocycles. The largest absolute Gasteiger partial charge is 0.362 e. The van der Waals surface area contributed by atoms with E-state index in [1.807, 2.05) is 42.3 Å². The van der Waals surface area contributed by atoms with Crippen LogP contribution in [0.1, 0.15) is 13.3 Å². The van der Waals surface area contributed by atoms with E-state index in [9.17, 15) is 0 Å². The van der Waals surface area contributed by atoms with E-state index in [-0.39, 0.29) is 0 Å². The van der Waals surface area contributed by atoms with Gasteiger partial charge in [0.2, 0.25) is 0 Å². The zero-order valence-corrected chi connectivity index (χ0v) is 9.47. The Morgan fingerprint density at radius 1 is 1.36 bits per heavy atom. The molecular weight excluding hydrogens is 192 g/mol. The van der Waals surface area contributed by atoms with E-state index >= 15 is 0 Å². The van der Waals surface area contributed by atoms with Crippen molar-refractivity contribution in [1.29, 1.82) is 0 Å². The lowest BCUT2D eigenvalue weighted by Gasteiger charge is -2.20. The molecule has 0 spiro atoms. The minimum absolute atomic E-state index is 0.776. The second-order valence-electron chi connectivity index (χ2n) is 3.13. The highest BCUT2D eigenvalue weighted by molar-refractivity contribution is 7.80. The summed E-state index contributed by atoms with van der Waals surface area (Å²) in [5.41, 5.74) is 1.11. The molecule has 0 heterocycles. The summed E-state index contributed by atoms with van der Waals surface area (Å²) in [6, 6.07) is 10.1. The van der Waals surface area contributed by atoms with Gasteiger partial charge >= 0.3 is 0 Å². The number of hydrogen-bond donors (Lipinski definition) is 1. The molecule has 3 heteroatoms.